The van der Waals surface area contributed by atoms with Gasteiger partial charge in [0.05, 0.1) is 14.2 Å². The van der Waals surface area contributed by atoms with E-state index in [1.54, 1.807) is 19.2 Å². The van der Waals surface area contributed by atoms with Gasteiger partial charge in [0.15, 0.2) is 6.04 Å². The van der Waals surface area contributed by atoms with Crippen molar-refractivity contribution < 1.29 is 23.9 Å². The number of likely N-dealkylation sites (tertiary alicyclic amines) is 1. The second kappa shape index (κ2) is 6.46. The van der Waals surface area contributed by atoms with Gasteiger partial charge in [0.2, 0.25) is 11.8 Å². The Morgan fingerprint density at radius 2 is 1.86 bits per heavy atom. The molecule has 1 N–H and O–H groups in total. The molecule has 0 aliphatic carbocycles. The largest absolute Gasteiger partial charge is 0.497 e. The van der Waals surface area contributed by atoms with E-state index in [-0.39, 0.29) is 18.4 Å². The highest BCUT2D eigenvalue weighted by Gasteiger charge is 2.52. The average Bonchev–Trinajstić information content (AvgIpc) is 2.52. The standard InChI is InChI=1S/C15H18N2O5/c1-9(18)16-12-13(15(20)22-3)17(14(12)19)8-10-4-6-11(21-2)7-5-10/h4-7,12-13H,8H2,1-3H3,(H,16,18). The summed E-state index contributed by atoms with van der Waals surface area (Å²) in [5.74, 6) is -0.510. The smallest absolute Gasteiger partial charge is 0.331 e. The summed E-state index contributed by atoms with van der Waals surface area (Å²) >= 11 is 0. The molecule has 118 valence electrons. The quantitative estimate of drug-likeness (QED) is 0.615. The molecule has 0 saturated carbocycles. The Bertz CT molecular complexity index is 584. The lowest BCUT2D eigenvalue weighted by molar-refractivity contribution is -0.170. The minimum Gasteiger partial charge on any atom is -0.497 e. The van der Waals surface area contributed by atoms with Crippen LogP contribution in [0.1, 0.15) is 12.5 Å². The maximum Gasteiger partial charge on any atom is 0.331 e. The third kappa shape index (κ3) is 3.03. The minimum absolute atomic E-state index is 0.263. The molecule has 1 saturated heterocycles. The summed E-state index contributed by atoms with van der Waals surface area (Å²) in [6.45, 7) is 1.56. The zero-order valence-electron chi connectivity index (χ0n) is 12.7. The van der Waals surface area contributed by atoms with E-state index in [0.29, 0.717) is 5.75 Å². The third-order valence-corrected chi connectivity index (χ3v) is 3.51. The van der Waals surface area contributed by atoms with Gasteiger partial charge in [-0.05, 0) is 17.7 Å². The van der Waals surface area contributed by atoms with Gasteiger partial charge in [-0.1, -0.05) is 12.1 Å². The molecule has 1 aromatic carbocycles. The molecule has 7 nitrogen and oxygen atoms in total. The average molecular weight is 306 g/mol. The van der Waals surface area contributed by atoms with Gasteiger partial charge in [-0.3, -0.25) is 9.59 Å². The van der Waals surface area contributed by atoms with Crippen molar-refractivity contribution >= 4 is 17.8 Å². The number of esters is 1. The number of benzene rings is 1. The topological polar surface area (TPSA) is 84.9 Å². The molecule has 2 rings (SSSR count). The van der Waals surface area contributed by atoms with Crippen LogP contribution in [-0.4, -0.2) is 49.0 Å². The number of carbonyl (C=O) groups is 3. The van der Waals surface area contributed by atoms with E-state index >= 15 is 0 Å². The van der Waals surface area contributed by atoms with Crippen molar-refractivity contribution in [1.82, 2.24) is 10.2 Å². The molecule has 22 heavy (non-hydrogen) atoms. The van der Waals surface area contributed by atoms with Crippen LogP contribution < -0.4 is 10.1 Å². The number of rotatable bonds is 5. The number of carbonyl (C=O) groups excluding carboxylic acids is 3. The lowest BCUT2D eigenvalue weighted by atomic mass is 9.94. The molecule has 7 heteroatoms. The second-order valence-electron chi connectivity index (χ2n) is 4.96. The predicted octanol–water partition coefficient (Wildman–Crippen LogP) is 0.0837. The summed E-state index contributed by atoms with van der Waals surface area (Å²) in [6.07, 6.45) is 0. The first-order valence-electron chi connectivity index (χ1n) is 6.76. The highest BCUT2D eigenvalue weighted by Crippen LogP contribution is 2.25. The Morgan fingerprint density at radius 1 is 1.23 bits per heavy atom. The molecule has 1 aliphatic heterocycles. The van der Waals surface area contributed by atoms with Crippen LogP contribution in [0.3, 0.4) is 0 Å². The third-order valence-electron chi connectivity index (χ3n) is 3.51. The fourth-order valence-corrected chi connectivity index (χ4v) is 2.40. The van der Waals surface area contributed by atoms with E-state index in [2.05, 4.69) is 5.32 Å². The first-order chi connectivity index (χ1) is 10.5. The number of nitrogens with zero attached hydrogens (tertiary/aromatic N) is 1. The molecule has 1 aromatic rings. The lowest BCUT2D eigenvalue weighted by Gasteiger charge is -2.45. The SMILES string of the molecule is COC(=O)C1C(NC(C)=O)C(=O)N1Cc1ccc(OC)cc1. The van der Waals surface area contributed by atoms with Gasteiger partial charge in [0, 0.05) is 13.5 Å². The van der Waals surface area contributed by atoms with Gasteiger partial charge in [-0.15, -0.1) is 0 Å². The van der Waals surface area contributed by atoms with Crippen molar-refractivity contribution in [2.75, 3.05) is 14.2 Å². The number of hydrogen-bond acceptors (Lipinski definition) is 5. The second-order valence-corrected chi connectivity index (χ2v) is 4.96. The van der Waals surface area contributed by atoms with Crippen molar-refractivity contribution in [3.8, 4) is 5.75 Å². The molecule has 1 fully saturated rings. The van der Waals surface area contributed by atoms with E-state index in [1.807, 2.05) is 12.1 Å². The highest BCUT2D eigenvalue weighted by atomic mass is 16.5. The summed E-state index contributed by atoms with van der Waals surface area (Å²) in [7, 11) is 2.82. The molecule has 0 spiro atoms. The van der Waals surface area contributed by atoms with Crippen molar-refractivity contribution in [3.63, 3.8) is 0 Å². The number of β-lactam (4-membered cyclic amide) rings is 1. The Balaban J connectivity index is 2.12. The maximum absolute atomic E-state index is 12.1. The van der Waals surface area contributed by atoms with Crippen molar-refractivity contribution in [2.24, 2.45) is 0 Å². The van der Waals surface area contributed by atoms with E-state index in [0.717, 1.165) is 5.56 Å². The zero-order valence-corrected chi connectivity index (χ0v) is 12.7. The van der Waals surface area contributed by atoms with E-state index in [4.69, 9.17) is 9.47 Å². The fourth-order valence-electron chi connectivity index (χ4n) is 2.40. The summed E-state index contributed by atoms with van der Waals surface area (Å²) in [5, 5.41) is 2.48. The number of methoxy groups -OCH3 is 2. The molecular weight excluding hydrogens is 288 g/mol. The van der Waals surface area contributed by atoms with Crippen molar-refractivity contribution in [2.45, 2.75) is 25.6 Å². The van der Waals surface area contributed by atoms with Gasteiger partial charge in [-0.2, -0.15) is 0 Å². The molecule has 1 heterocycles. The molecule has 2 unspecified atom stereocenters. The van der Waals surface area contributed by atoms with Gasteiger partial charge in [0.25, 0.3) is 0 Å². The van der Waals surface area contributed by atoms with Crippen LogP contribution in [0.15, 0.2) is 24.3 Å². The first kappa shape index (κ1) is 15.8. The van der Waals surface area contributed by atoms with Crippen LogP contribution >= 0.6 is 0 Å². The first-order valence-corrected chi connectivity index (χ1v) is 6.76. The number of nitrogens with one attached hydrogen (secondary N) is 1. The van der Waals surface area contributed by atoms with E-state index in [1.165, 1.54) is 18.9 Å². The monoisotopic (exact) mass is 306 g/mol. The molecule has 2 amide bonds. The van der Waals surface area contributed by atoms with Crippen molar-refractivity contribution in [1.29, 1.82) is 0 Å². The molecule has 0 bridgehead atoms. The Hall–Kier alpha value is -2.57. The number of hydrogen-bond donors (Lipinski definition) is 1. The fraction of sp³-hybridized carbons (Fsp3) is 0.400. The van der Waals surface area contributed by atoms with Crippen LogP contribution in [-0.2, 0) is 25.7 Å². The van der Waals surface area contributed by atoms with Gasteiger partial charge < -0.3 is 19.7 Å². The van der Waals surface area contributed by atoms with Crippen LogP contribution in [0.2, 0.25) is 0 Å². The summed E-state index contributed by atoms with van der Waals surface area (Å²) in [6, 6.07) is 5.51. The maximum atomic E-state index is 12.1. The van der Waals surface area contributed by atoms with E-state index < -0.39 is 18.1 Å². The van der Waals surface area contributed by atoms with E-state index in [9.17, 15) is 14.4 Å². The van der Waals surface area contributed by atoms with Crippen molar-refractivity contribution in [3.05, 3.63) is 29.8 Å². The molecule has 0 radical (unpaired) electrons. The van der Waals surface area contributed by atoms with Crippen LogP contribution in [0, 0.1) is 0 Å². The molecule has 1 aliphatic rings. The Labute approximate surface area is 128 Å². The van der Waals surface area contributed by atoms with Gasteiger partial charge >= 0.3 is 5.97 Å². The minimum atomic E-state index is -0.858. The van der Waals surface area contributed by atoms with Crippen LogP contribution in [0.5, 0.6) is 5.75 Å². The molecular formula is C15H18N2O5. The summed E-state index contributed by atoms with van der Waals surface area (Å²) in [5.41, 5.74) is 0.851. The lowest BCUT2D eigenvalue weighted by Crippen LogP contribution is -2.72. The Kier molecular flexibility index (Phi) is 4.65. The zero-order chi connectivity index (χ0) is 16.3. The number of amides is 2. The van der Waals surface area contributed by atoms with Crippen LogP contribution in [0.4, 0.5) is 0 Å². The summed E-state index contributed by atoms with van der Waals surface area (Å²) < 4.78 is 9.79. The molecule has 2 atom stereocenters. The van der Waals surface area contributed by atoms with Gasteiger partial charge in [0.1, 0.15) is 11.8 Å². The highest BCUT2D eigenvalue weighted by molar-refractivity contribution is 6.01. The Morgan fingerprint density at radius 3 is 2.36 bits per heavy atom. The summed E-state index contributed by atoms with van der Waals surface area (Å²) in [4.78, 5) is 36.5. The number of ether oxygens (including phenoxy) is 2. The predicted molar refractivity (Wildman–Crippen MR) is 77.0 cm³/mol. The van der Waals surface area contributed by atoms with Gasteiger partial charge in [-0.25, -0.2) is 4.79 Å². The molecule has 0 aromatic heterocycles. The normalized spacial score (nSPS) is 20.1. The van der Waals surface area contributed by atoms with Crippen LogP contribution in [0.25, 0.3) is 0 Å².